The van der Waals surface area contributed by atoms with E-state index in [2.05, 4.69) is 5.32 Å². The van der Waals surface area contributed by atoms with Crippen LogP contribution in [0.3, 0.4) is 0 Å². The highest BCUT2D eigenvalue weighted by Crippen LogP contribution is 2.25. The van der Waals surface area contributed by atoms with Gasteiger partial charge in [0, 0.05) is 6.04 Å². The Morgan fingerprint density at radius 3 is 2.21 bits per heavy atom. The third kappa shape index (κ3) is 5.78. The first-order chi connectivity index (χ1) is 8.34. The Kier molecular flexibility index (Phi) is 7.37. The first-order valence-electron chi connectivity index (χ1n) is 6.61. The molecule has 6 heteroatoms. The number of nitrogens with one attached hydrogen (secondary N) is 1. The summed E-state index contributed by atoms with van der Waals surface area (Å²) in [5.74, 6) is -0.257. The zero-order valence-electron chi connectivity index (χ0n) is 11.9. The molecule has 1 fully saturated rings. The second-order valence-electron chi connectivity index (χ2n) is 5.50. The quantitative estimate of drug-likeness (QED) is 0.767. The maximum absolute atomic E-state index is 11.7. The predicted molar refractivity (Wildman–Crippen MR) is 76.0 cm³/mol. The van der Waals surface area contributed by atoms with Crippen molar-refractivity contribution in [2.45, 2.75) is 58.0 Å². The Hall–Kier alpha value is -0.810. The molecule has 1 saturated carbocycles. The summed E-state index contributed by atoms with van der Waals surface area (Å²) in [5, 5.41) is 2.93. The summed E-state index contributed by atoms with van der Waals surface area (Å²) in [6.45, 7) is 5.61. The second-order valence-corrected chi connectivity index (χ2v) is 5.50. The van der Waals surface area contributed by atoms with Gasteiger partial charge in [-0.3, -0.25) is 9.59 Å². The summed E-state index contributed by atoms with van der Waals surface area (Å²) in [6, 6.07) is 0.131. The number of ether oxygens (including phenoxy) is 1. The molecule has 0 radical (unpaired) electrons. The molecule has 5 nitrogen and oxygen atoms in total. The number of esters is 1. The van der Waals surface area contributed by atoms with E-state index >= 15 is 0 Å². The highest BCUT2D eigenvalue weighted by molar-refractivity contribution is 5.85. The van der Waals surface area contributed by atoms with Crippen LogP contribution in [0, 0.1) is 5.92 Å². The lowest BCUT2D eigenvalue weighted by Crippen LogP contribution is -2.52. The molecule has 0 aromatic rings. The van der Waals surface area contributed by atoms with Crippen LogP contribution < -0.4 is 11.1 Å². The Labute approximate surface area is 121 Å². The first kappa shape index (κ1) is 18.2. The zero-order valence-corrected chi connectivity index (χ0v) is 12.7. The van der Waals surface area contributed by atoms with Crippen LogP contribution in [0.1, 0.15) is 46.5 Å². The number of halogens is 1. The summed E-state index contributed by atoms with van der Waals surface area (Å²) in [4.78, 5) is 23.3. The average molecular weight is 293 g/mol. The van der Waals surface area contributed by atoms with Crippen LogP contribution in [0.25, 0.3) is 0 Å². The minimum atomic E-state index is -0.849. The Balaban J connectivity index is 0.00000324. The molecule has 0 aromatic carbocycles. The van der Waals surface area contributed by atoms with Gasteiger partial charge in [0.2, 0.25) is 5.91 Å². The van der Waals surface area contributed by atoms with Crippen LogP contribution in [0.5, 0.6) is 0 Å². The summed E-state index contributed by atoms with van der Waals surface area (Å²) < 4.78 is 5.01. The maximum atomic E-state index is 11.7. The van der Waals surface area contributed by atoms with Crippen LogP contribution in [0.2, 0.25) is 0 Å². The van der Waals surface area contributed by atoms with Crippen LogP contribution in [-0.4, -0.2) is 30.1 Å². The Morgan fingerprint density at radius 2 is 1.79 bits per heavy atom. The lowest BCUT2D eigenvalue weighted by atomic mass is 9.85. The Bertz CT molecular complexity index is 308. The van der Waals surface area contributed by atoms with E-state index in [-0.39, 0.29) is 36.2 Å². The fraction of sp³-hybridized carbons (Fsp3) is 0.846. The SMILES string of the molecule is CCOC(=O)C1CCC(NC(=O)C(C)(C)N)CC1.Cl. The largest absolute Gasteiger partial charge is 0.466 e. The van der Waals surface area contributed by atoms with Crippen LogP contribution >= 0.6 is 12.4 Å². The van der Waals surface area contributed by atoms with Crippen LogP contribution in [0.15, 0.2) is 0 Å². The second kappa shape index (κ2) is 7.70. The summed E-state index contributed by atoms with van der Waals surface area (Å²) in [7, 11) is 0. The van der Waals surface area contributed by atoms with Crippen LogP contribution in [-0.2, 0) is 14.3 Å². The number of hydrogen-bond acceptors (Lipinski definition) is 4. The highest BCUT2D eigenvalue weighted by Gasteiger charge is 2.30. The van der Waals surface area contributed by atoms with E-state index in [9.17, 15) is 9.59 Å². The molecule has 0 bridgehead atoms. The molecule has 1 amide bonds. The van der Waals surface area contributed by atoms with Gasteiger partial charge < -0.3 is 15.8 Å². The van der Waals surface area contributed by atoms with Crippen molar-refractivity contribution in [1.29, 1.82) is 0 Å². The molecular formula is C13H25ClN2O3. The molecule has 19 heavy (non-hydrogen) atoms. The molecule has 0 saturated heterocycles. The monoisotopic (exact) mass is 292 g/mol. The third-order valence-corrected chi connectivity index (χ3v) is 3.27. The van der Waals surface area contributed by atoms with Crippen LogP contribution in [0.4, 0.5) is 0 Å². The first-order valence-corrected chi connectivity index (χ1v) is 6.61. The molecule has 0 aliphatic heterocycles. The van der Waals surface area contributed by atoms with Gasteiger partial charge in [-0.25, -0.2) is 0 Å². The van der Waals surface area contributed by atoms with Gasteiger partial charge in [0.1, 0.15) is 0 Å². The number of rotatable bonds is 4. The molecule has 112 valence electrons. The number of carbonyl (C=O) groups excluding carboxylic acids is 2. The smallest absolute Gasteiger partial charge is 0.308 e. The molecule has 1 rings (SSSR count). The Morgan fingerprint density at radius 1 is 1.26 bits per heavy atom. The fourth-order valence-corrected chi connectivity index (χ4v) is 2.10. The number of carbonyl (C=O) groups is 2. The van der Waals surface area contributed by atoms with Gasteiger partial charge in [-0.1, -0.05) is 0 Å². The van der Waals surface area contributed by atoms with E-state index in [4.69, 9.17) is 10.5 Å². The standard InChI is InChI=1S/C13H24N2O3.ClH/c1-4-18-11(16)9-5-7-10(8-6-9)15-12(17)13(2,3)14;/h9-10H,4-8,14H2,1-3H3,(H,15,17);1H. The van der Waals surface area contributed by atoms with Gasteiger partial charge in [-0.05, 0) is 46.5 Å². The van der Waals surface area contributed by atoms with Gasteiger partial charge >= 0.3 is 5.97 Å². The average Bonchev–Trinajstić information content (AvgIpc) is 2.29. The molecule has 1 aliphatic rings. The maximum Gasteiger partial charge on any atom is 0.308 e. The predicted octanol–water partition coefficient (Wildman–Crippen LogP) is 1.38. The molecule has 0 heterocycles. The normalized spacial score (nSPS) is 23.2. The van der Waals surface area contributed by atoms with Crippen molar-refractivity contribution in [2.75, 3.05) is 6.61 Å². The summed E-state index contributed by atoms with van der Waals surface area (Å²) in [6.07, 6.45) is 3.17. The molecule has 0 atom stereocenters. The highest BCUT2D eigenvalue weighted by atomic mass is 35.5. The van der Waals surface area contributed by atoms with Crippen molar-refractivity contribution in [2.24, 2.45) is 11.7 Å². The number of nitrogens with two attached hydrogens (primary N) is 1. The minimum absolute atomic E-state index is 0. The molecule has 0 aromatic heterocycles. The molecule has 0 spiro atoms. The van der Waals surface area contributed by atoms with Gasteiger partial charge in [-0.2, -0.15) is 0 Å². The van der Waals surface area contributed by atoms with E-state index in [1.54, 1.807) is 13.8 Å². The van der Waals surface area contributed by atoms with Gasteiger partial charge in [0.25, 0.3) is 0 Å². The van der Waals surface area contributed by atoms with Crippen molar-refractivity contribution < 1.29 is 14.3 Å². The van der Waals surface area contributed by atoms with Gasteiger partial charge in [0.05, 0.1) is 18.1 Å². The van der Waals surface area contributed by atoms with Crippen molar-refractivity contribution in [3.8, 4) is 0 Å². The fourth-order valence-electron chi connectivity index (χ4n) is 2.10. The minimum Gasteiger partial charge on any atom is -0.466 e. The summed E-state index contributed by atoms with van der Waals surface area (Å²) in [5.41, 5.74) is 4.88. The van der Waals surface area contributed by atoms with Crippen molar-refractivity contribution >= 4 is 24.3 Å². The lowest BCUT2D eigenvalue weighted by Gasteiger charge is -2.30. The summed E-state index contributed by atoms with van der Waals surface area (Å²) >= 11 is 0. The lowest BCUT2D eigenvalue weighted by molar-refractivity contribution is -0.149. The van der Waals surface area contributed by atoms with E-state index in [0.717, 1.165) is 25.7 Å². The van der Waals surface area contributed by atoms with E-state index < -0.39 is 5.54 Å². The van der Waals surface area contributed by atoms with Gasteiger partial charge in [0.15, 0.2) is 0 Å². The van der Waals surface area contributed by atoms with Crippen molar-refractivity contribution in [1.82, 2.24) is 5.32 Å². The topological polar surface area (TPSA) is 81.4 Å². The number of amides is 1. The molecule has 0 unspecified atom stereocenters. The van der Waals surface area contributed by atoms with E-state index in [0.29, 0.717) is 6.61 Å². The van der Waals surface area contributed by atoms with Crippen molar-refractivity contribution in [3.63, 3.8) is 0 Å². The van der Waals surface area contributed by atoms with Gasteiger partial charge in [-0.15, -0.1) is 12.4 Å². The molecular weight excluding hydrogens is 268 g/mol. The number of hydrogen-bond donors (Lipinski definition) is 2. The molecule has 3 N–H and O–H groups in total. The van der Waals surface area contributed by atoms with Crippen molar-refractivity contribution in [3.05, 3.63) is 0 Å². The third-order valence-electron chi connectivity index (χ3n) is 3.27. The molecule has 1 aliphatic carbocycles. The van der Waals surface area contributed by atoms with E-state index in [1.165, 1.54) is 0 Å². The zero-order chi connectivity index (χ0) is 13.8. The van der Waals surface area contributed by atoms with E-state index in [1.807, 2.05) is 6.92 Å².